The van der Waals surface area contributed by atoms with E-state index >= 15 is 0 Å². The van der Waals surface area contributed by atoms with Crippen LogP contribution in [0.4, 0.5) is 11.4 Å². The summed E-state index contributed by atoms with van der Waals surface area (Å²) in [5.74, 6) is 0. The first-order valence-electron chi connectivity index (χ1n) is 3.73. The van der Waals surface area contributed by atoms with Crippen LogP contribution in [0.25, 0.3) is 0 Å². The van der Waals surface area contributed by atoms with Crippen LogP contribution < -0.4 is 11.5 Å². The molecule has 0 aliphatic heterocycles. The Kier molecular flexibility index (Phi) is 2.04. The smallest absolute Gasteiger partial charge is 0.0429 e. The maximum Gasteiger partial charge on any atom is 0.0429 e. The van der Waals surface area contributed by atoms with Crippen LogP contribution >= 0.6 is 0 Å². The van der Waals surface area contributed by atoms with Crippen LogP contribution in [0.3, 0.4) is 0 Å². The largest absolute Gasteiger partial charge is 0.398 e. The highest BCUT2D eigenvalue weighted by molar-refractivity contribution is 6.05. The second kappa shape index (κ2) is 2.85. The van der Waals surface area contributed by atoms with E-state index in [2.05, 4.69) is 0 Å². The van der Waals surface area contributed by atoms with Gasteiger partial charge in [-0.2, -0.15) is 0 Å². The Balaban J connectivity index is 3.38. The predicted molar refractivity (Wildman–Crippen MR) is 52.5 cm³/mol. The highest BCUT2D eigenvalue weighted by Crippen LogP contribution is 2.21. The van der Waals surface area contributed by atoms with E-state index in [9.17, 15) is 0 Å². The van der Waals surface area contributed by atoms with Crippen LogP contribution in [0.5, 0.6) is 0 Å². The molecule has 3 heteroatoms. The molecule has 0 bridgehead atoms. The lowest BCUT2D eigenvalue weighted by Crippen LogP contribution is -2.05. The molecule has 3 nitrogen and oxygen atoms in total. The predicted octanol–water partition coefficient (Wildman–Crippen LogP) is 1.55. The van der Waals surface area contributed by atoms with E-state index < -0.39 is 0 Å². The normalized spacial score (nSPS) is 9.83. The van der Waals surface area contributed by atoms with Crippen molar-refractivity contribution in [1.82, 2.24) is 0 Å². The number of hydrogen-bond acceptors (Lipinski definition) is 3. The number of rotatable bonds is 1. The first kappa shape index (κ1) is 8.59. The number of nitrogens with one attached hydrogen (secondary N) is 1. The fourth-order valence-corrected chi connectivity index (χ4v) is 1.28. The first-order chi connectivity index (χ1) is 5.52. The molecular formula is C9H13N3. The molecule has 0 saturated heterocycles. The number of nitrogen functional groups attached to an aromatic ring is 2. The molecule has 0 amide bonds. The Labute approximate surface area is 71.9 Å². The van der Waals surface area contributed by atoms with Gasteiger partial charge in [0.1, 0.15) is 0 Å². The van der Waals surface area contributed by atoms with Crippen molar-refractivity contribution in [3.8, 4) is 0 Å². The van der Waals surface area contributed by atoms with E-state index in [1.165, 1.54) is 0 Å². The molecule has 0 unspecified atom stereocenters. The van der Waals surface area contributed by atoms with Gasteiger partial charge >= 0.3 is 0 Å². The van der Waals surface area contributed by atoms with Gasteiger partial charge in [-0.05, 0) is 31.5 Å². The monoisotopic (exact) mass is 163 g/mol. The van der Waals surface area contributed by atoms with E-state index in [0.29, 0.717) is 22.6 Å². The van der Waals surface area contributed by atoms with Crippen molar-refractivity contribution < 1.29 is 0 Å². The van der Waals surface area contributed by atoms with Crippen molar-refractivity contribution in [3.05, 3.63) is 23.3 Å². The Morgan fingerprint density at radius 2 is 1.67 bits per heavy atom. The quantitative estimate of drug-likeness (QED) is 0.434. The van der Waals surface area contributed by atoms with Gasteiger partial charge in [-0.25, -0.2) is 0 Å². The van der Waals surface area contributed by atoms with Crippen LogP contribution in [0.1, 0.15) is 18.1 Å². The van der Waals surface area contributed by atoms with Crippen molar-refractivity contribution >= 4 is 17.1 Å². The lowest BCUT2D eigenvalue weighted by Gasteiger charge is -2.08. The highest BCUT2D eigenvalue weighted by Gasteiger charge is 2.06. The molecule has 1 rings (SSSR count). The van der Waals surface area contributed by atoms with Crippen molar-refractivity contribution in [2.24, 2.45) is 0 Å². The fraction of sp³-hybridized carbons (Fsp3) is 0.222. The minimum absolute atomic E-state index is 0.407. The number of hydrogen-bond donors (Lipinski definition) is 3. The SMILES string of the molecule is CC(=N)c1c(N)cc(C)cc1N. The average molecular weight is 163 g/mol. The number of benzene rings is 1. The van der Waals surface area contributed by atoms with E-state index in [4.69, 9.17) is 16.9 Å². The topological polar surface area (TPSA) is 75.9 Å². The van der Waals surface area contributed by atoms with Gasteiger partial charge in [0, 0.05) is 22.6 Å². The third-order valence-electron chi connectivity index (χ3n) is 1.72. The molecule has 64 valence electrons. The molecule has 0 fully saturated rings. The molecule has 0 aliphatic rings. The van der Waals surface area contributed by atoms with Crippen LogP contribution in [0.2, 0.25) is 0 Å². The van der Waals surface area contributed by atoms with Gasteiger partial charge in [0.25, 0.3) is 0 Å². The second-order valence-electron chi connectivity index (χ2n) is 2.94. The number of anilines is 2. The molecule has 5 N–H and O–H groups in total. The lowest BCUT2D eigenvalue weighted by atomic mass is 10.0. The standard InChI is InChI=1S/C9H13N3/c1-5-3-7(11)9(6(2)10)8(12)4-5/h3-4,10H,11-12H2,1-2H3. The summed E-state index contributed by atoms with van der Waals surface area (Å²) in [7, 11) is 0. The molecule has 0 aromatic heterocycles. The van der Waals surface area contributed by atoms with Gasteiger partial charge in [0.2, 0.25) is 0 Å². The van der Waals surface area contributed by atoms with Crippen LogP contribution in [-0.4, -0.2) is 5.71 Å². The van der Waals surface area contributed by atoms with E-state index in [-0.39, 0.29) is 0 Å². The molecule has 1 aromatic carbocycles. The maximum absolute atomic E-state index is 7.43. The Bertz CT molecular complexity index is 306. The molecule has 0 heterocycles. The summed E-state index contributed by atoms with van der Waals surface area (Å²) in [6.07, 6.45) is 0. The maximum atomic E-state index is 7.43. The van der Waals surface area contributed by atoms with Gasteiger partial charge in [0.05, 0.1) is 0 Å². The summed E-state index contributed by atoms with van der Waals surface area (Å²) in [4.78, 5) is 0. The van der Waals surface area contributed by atoms with Crippen LogP contribution in [0, 0.1) is 12.3 Å². The van der Waals surface area contributed by atoms with Gasteiger partial charge in [-0.3, -0.25) is 0 Å². The molecule has 12 heavy (non-hydrogen) atoms. The Morgan fingerprint density at radius 3 is 2.00 bits per heavy atom. The second-order valence-corrected chi connectivity index (χ2v) is 2.94. The van der Waals surface area contributed by atoms with Crippen molar-refractivity contribution in [2.45, 2.75) is 13.8 Å². The van der Waals surface area contributed by atoms with Crippen molar-refractivity contribution in [1.29, 1.82) is 5.41 Å². The minimum Gasteiger partial charge on any atom is -0.398 e. The Hall–Kier alpha value is -1.51. The summed E-state index contributed by atoms with van der Waals surface area (Å²) in [6, 6.07) is 3.65. The zero-order valence-electron chi connectivity index (χ0n) is 7.31. The van der Waals surface area contributed by atoms with Gasteiger partial charge in [0.15, 0.2) is 0 Å². The molecular weight excluding hydrogens is 150 g/mol. The molecule has 0 saturated carbocycles. The van der Waals surface area contributed by atoms with Gasteiger partial charge in [-0.15, -0.1) is 0 Å². The van der Waals surface area contributed by atoms with E-state index in [0.717, 1.165) is 5.56 Å². The molecule has 1 aromatic rings. The third-order valence-corrected chi connectivity index (χ3v) is 1.72. The van der Waals surface area contributed by atoms with Crippen molar-refractivity contribution in [3.63, 3.8) is 0 Å². The first-order valence-corrected chi connectivity index (χ1v) is 3.73. The molecule has 0 spiro atoms. The van der Waals surface area contributed by atoms with Crippen molar-refractivity contribution in [2.75, 3.05) is 11.5 Å². The van der Waals surface area contributed by atoms with E-state index in [1.54, 1.807) is 6.92 Å². The minimum atomic E-state index is 0.407. The zero-order chi connectivity index (χ0) is 9.30. The summed E-state index contributed by atoms with van der Waals surface area (Å²) in [5.41, 5.74) is 14.7. The Morgan fingerprint density at radius 1 is 1.25 bits per heavy atom. The molecule has 0 radical (unpaired) electrons. The fourth-order valence-electron chi connectivity index (χ4n) is 1.28. The summed E-state index contributed by atoms with van der Waals surface area (Å²) >= 11 is 0. The molecule has 0 aliphatic carbocycles. The summed E-state index contributed by atoms with van der Waals surface area (Å²) in [6.45, 7) is 3.60. The molecule has 0 atom stereocenters. The lowest BCUT2D eigenvalue weighted by molar-refractivity contribution is 1.42. The van der Waals surface area contributed by atoms with Gasteiger partial charge < -0.3 is 16.9 Å². The number of nitrogens with two attached hydrogens (primary N) is 2. The van der Waals surface area contributed by atoms with Crippen LogP contribution in [0.15, 0.2) is 12.1 Å². The third kappa shape index (κ3) is 1.39. The zero-order valence-corrected chi connectivity index (χ0v) is 7.31. The average Bonchev–Trinajstić information content (AvgIpc) is 1.82. The van der Waals surface area contributed by atoms with Gasteiger partial charge in [-0.1, -0.05) is 0 Å². The summed E-state index contributed by atoms with van der Waals surface area (Å²) in [5, 5.41) is 7.43. The van der Waals surface area contributed by atoms with Crippen LogP contribution in [-0.2, 0) is 0 Å². The van der Waals surface area contributed by atoms with E-state index in [1.807, 2.05) is 19.1 Å². The number of aryl methyl sites for hydroxylation is 1. The highest BCUT2D eigenvalue weighted by atomic mass is 14.6. The summed E-state index contributed by atoms with van der Waals surface area (Å²) < 4.78 is 0.